The van der Waals surface area contributed by atoms with Gasteiger partial charge in [-0.3, -0.25) is 4.79 Å². The van der Waals surface area contributed by atoms with E-state index in [1.807, 2.05) is 19.9 Å². The van der Waals surface area contributed by atoms with E-state index >= 15 is 0 Å². The molecule has 1 saturated carbocycles. The summed E-state index contributed by atoms with van der Waals surface area (Å²) in [5.74, 6) is 0.641. The molecule has 1 aromatic carbocycles. The van der Waals surface area contributed by atoms with Crippen molar-refractivity contribution >= 4 is 11.6 Å². The molecule has 4 nitrogen and oxygen atoms in total. The Labute approximate surface area is 120 Å². The fraction of sp³-hybridized carbons (Fsp3) is 0.562. The first-order valence-electron chi connectivity index (χ1n) is 7.35. The minimum absolute atomic E-state index is 0.0459. The van der Waals surface area contributed by atoms with E-state index in [1.54, 1.807) is 6.07 Å². The molecule has 2 rings (SSSR count). The van der Waals surface area contributed by atoms with Gasteiger partial charge in [-0.1, -0.05) is 25.3 Å². The maximum atomic E-state index is 11.9. The largest absolute Gasteiger partial charge is 0.483 e. The van der Waals surface area contributed by atoms with Crippen molar-refractivity contribution in [2.45, 2.75) is 52.0 Å². The zero-order valence-corrected chi connectivity index (χ0v) is 12.4. The van der Waals surface area contributed by atoms with Crippen LogP contribution in [0.2, 0.25) is 0 Å². The summed E-state index contributed by atoms with van der Waals surface area (Å²) < 4.78 is 5.58. The van der Waals surface area contributed by atoms with Gasteiger partial charge in [-0.2, -0.15) is 0 Å². The molecule has 3 N–H and O–H groups in total. The zero-order chi connectivity index (χ0) is 14.5. The first-order chi connectivity index (χ1) is 9.56. The van der Waals surface area contributed by atoms with Crippen LogP contribution < -0.4 is 15.8 Å². The van der Waals surface area contributed by atoms with Gasteiger partial charge in [0.1, 0.15) is 5.75 Å². The van der Waals surface area contributed by atoms with E-state index in [1.165, 1.54) is 19.3 Å². The highest BCUT2D eigenvalue weighted by Gasteiger charge is 2.16. The Morgan fingerprint density at radius 3 is 2.65 bits per heavy atom. The predicted molar refractivity (Wildman–Crippen MR) is 80.8 cm³/mol. The molecule has 0 radical (unpaired) electrons. The summed E-state index contributed by atoms with van der Waals surface area (Å²) in [6.07, 6.45) is 5.87. The molecule has 20 heavy (non-hydrogen) atoms. The lowest BCUT2D eigenvalue weighted by atomic mass is 9.95. The Bertz CT molecular complexity index is 480. The van der Waals surface area contributed by atoms with Gasteiger partial charge >= 0.3 is 0 Å². The molecule has 0 bridgehead atoms. The number of nitrogens with two attached hydrogens (primary N) is 1. The number of benzene rings is 1. The minimum atomic E-state index is -0.0459. The molecular weight excluding hydrogens is 252 g/mol. The monoisotopic (exact) mass is 276 g/mol. The Hall–Kier alpha value is -1.71. The molecule has 0 unspecified atom stereocenters. The summed E-state index contributed by atoms with van der Waals surface area (Å²) in [5, 5.41) is 3.04. The Morgan fingerprint density at radius 2 is 1.95 bits per heavy atom. The average molecular weight is 276 g/mol. The van der Waals surface area contributed by atoms with Crippen molar-refractivity contribution < 1.29 is 9.53 Å². The van der Waals surface area contributed by atoms with Crippen LogP contribution in [-0.4, -0.2) is 18.6 Å². The number of hydrogen-bond acceptors (Lipinski definition) is 3. The second-order valence-corrected chi connectivity index (χ2v) is 5.67. The second-order valence-electron chi connectivity index (χ2n) is 5.67. The fourth-order valence-electron chi connectivity index (χ4n) is 2.66. The normalized spacial score (nSPS) is 15.9. The lowest BCUT2D eigenvalue weighted by Gasteiger charge is -2.22. The third kappa shape index (κ3) is 3.89. The molecule has 1 amide bonds. The lowest BCUT2D eigenvalue weighted by Crippen LogP contribution is -2.39. The van der Waals surface area contributed by atoms with Crippen LogP contribution in [0.1, 0.15) is 43.2 Å². The van der Waals surface area contributed by atoms with Crippen molar-refractivity contribution in [1.82, 2.24) is 5.32 Å². The number of carbonyl (C=O) groups is 1. The van der Waals surface area contributed by atoms with Gasteiger partial charge in [-0.15, -0.1) is 0 Å². The number of ether oxygens (including phenoxy) is 1. The van der Waals surface area contributed by atoms with E-state index in [0.717, 1.165) is 24.0 Å². The van der Waals surface area contributed by atoms with Crippen molar-refractivity contribution in [3.63, 3.8) is 0 Å². The number of hydrogen-bond donors (Lipinski definition) is 2. The highest BCUT2D eigenvalue weighted by Crippen LogP contribution is 2.24. The van der Waals surface area contributed by atoms with E-state index in [-0.39, 0.29) is 12.5 Å². The van der Waals surface area contributed by atoms with Crippen LogP contribution in [0.4, 0.5) is 5.69 Å². The minimum Gasteiger partial charge on any atom is -0.483 e. The summed E-state index contributed by atoms with van der Waals surface area (Å²) in [6.45, 7) is 3.97. The van der Waals surface area contributed by atoms with Gasteiger partial charge in [0.25, 0.3) is 5.91 Å². The molecular formula is C16H24N2O2. The molecule has 4 heteroatoms. The number of anilines is 1. The summed E-state index contributed by atoms with van der Waals surface area (Å²) in [7, 11) is 0. The van der Waals surface area contributed by atoms with E-state index in [0.29, 0.717) is 17.5 Å². The first kappa shape index (κ1) is 14.7. The van der Waals surface area contributed by atoms with Gasteiger partial charge < -0.3 is 15.8 Å². The van der Waals surface area contributed by atoms with Crippen LogP contribution in [0.15, 0.2) is 12.1 Å². The molecule has 110 valence electrons. The first-order valence-corrected chi connectivity index (χ1v) is 7.35. The van der Waals surface area contributed by atoms with Gasteiger partial charge in [-0.05, 0) is 37.8 Å². The number of amides is 1. The van der Waals surface area contributed by atoms with E-state index in [2.05, 4.69) is 5.32 Å². The topological polar surface area (TPSA) is 64.3 Å². The Morgan fingerprint density at radius 1 is 1.25 bits per heavy atom. The van der Waals surface area contributed by atoms with Gasteiger partial charge in [0.15, 0.2) is 6.61 Å². The lowest BCUT2D eigenvalue weighted by molar-refractivity contribution is -0.124. The number of rotatable bonds is 4. The predicted octanol–water partition coefficient (Wildman–Crippen LogP) is 2.71. The van der Waals surface area contributed by atoms with Crippen LogP contribution in [0.5, 0.6) is 5.75 Å². The van der Waals surface area contributed by atoms with Gasteiger partial charge in [0.05, 0.1) is 0 Å². The highest BCUT2D eigenvalue weighted by atomic mass is 16.5. The van der Waals surface area contributed by atoms with Crippen molar-refractivity contribution in [3.05, 3.63) is 23.3 Å². The number of carbonyl (C=O) groups excluding carboxylic acids is 1. The maximum Gasteiger partial charge on any atom is 0.258 e. The van der Waals surface area contributed by atoms with E-state index in [9.17, 15) is 4.79 Å². The molecule has 1 aliphatic carbocycles. The molecule has 0 spiro atoms. The van der Waals surface area contributed by atoms with Crippen molar-refractivity contribution in [2.24, 2.45) is 0 Å². The fourth-order valence-corrected chi connectivity index (χ4v) is 2.66. The van der Waals surface area contributed by atoms with E-state index < -0.39 is 0 Å². The highest BCUT2D eigenvalue weighted by molar-refractivity contribution is 5.78. The number of nitrogens with one attached hydrogen (secondary N) is 1. The second kappa shape index (κ2) is 6.64. The third-order valence-corrected chi connectivity index (χ3v) is 3.89. The molecule has 1 fully saturated rings. The SMILES string of the molecule is Cc1cc(C)c(OCC(=O)NC2CCCCC2)cc1N. The quantitative estimate of drug-likeness (QED) is 0.831. The number of aryl methyl sites for hydroxylation is 2. The third-order valence-electron chi connectivity index (χ3n) is 3.89. The van der Waals surface area contributed by atoms with Crippen LogP contribution in [0.3, 0.4) is 0 Å². The molecule has 1 aliphatic rings. The van der Waals surface area contributed by atoms with Crippen LogP contribution >= 0.6 is 0 Å². The summed E-state index contributed by atoms with van der Waals surface area (Å²) in [6, 6.07) is 4.09. The molecule has 0 aromatic heterocycles. The van der Waals surface area contributed by atoms with E-state index in [4.69, 9.17) is 10.5 Å². The van der Waals surface area contributed by atoms with Crippen LogP contribution in [0, 0.1) is 13.8 Å². The zero-order valence-electron chi connectivity index (χ0n) is 12.4. The molecule has 0 heterocycles. The van der Waals surface area contributed by atoms with Crippen molar-refractivity contribution in [1.29, 1.82) is 0 Å². The molecule has 1 aromatic rings. The summed E-state index contributed by atoms with van der Waals surface area (Å²) in [5.41, 5.74) is 8.59. The van der Waals surface area contributed by atoms with Crippen LogP contribution in [-0.2, 0) is 4.79 Å². The molecule has 0 saturated heterocycles. The van der Waals surface area contributed by atoms with Gasteiger partial charge in [0, 0.05) is 17.8 Å². The average Bonchev–Trinajstić information content (AvgIpc) is 2.42. The summed E-state index contributed by atoms with van der Waals surface area (Å²) in [4.78, 5) is 11.9. The van der Waals surface area contributed by atoms with Crippen molar-refractivity contribution in [2.75, 3.05) is 12.3 Å². The van der Waals surface area contributed by atoms with Gasteiger partial charge in [0.2, 0.25) is 0 Å². The van der Waals surface area contributed by atoms with Crippen molar-refractivity contribution in [3.8, 4) is 5.75 Å². The Balaban J connectivity index is 1.85. The summed E-state index contributed by atoms with van der Waals surface area (Å²) >= 11 is 0. The standard InChI is InChI=1S/C16H24N2O2/c1-11-8-12(2)15(9-14(11)17)20-10-16(19)18-13-6-4-3-5-7-13/h8-9,13H,3-7,10,17H2,1-2H3,(H,18,19). The molecule has 0 atom stereocenters. The molecule has 0 aliphatic heterocycles. The van der Waals surface area contributed by atoms with Gasteiger partial charge in [-0.25, -0.2) is 0 Å². The smallest absolute Gasteiger partial charge is 0.258 e. The number of nitrogen functional groups attached to an aromatic ring is 1. The Kier molecular flexibility index (Phi) is 4.88. The van der Waals surface area contributed by atoms with Crippen LogP contribution in [0.25, 0.3) is 0 Å². The maximum absolute atomic E-state index is 11.9.